The van der Waals surface area contributed by atoms with Gasteiger partial charge in [0, 0.05) is 37.9 Å². The lowest BCUT2D eigenvalue weighted by Crippen LogP contribution is -2.38. The molecule has 1 N–H and O–H groups in total. The number of aliphatic hydroxyl groups excluding tert-OH is 1. The van der Waals surface area contributed by atoms with Gasteiger partial charge in [-0.05, 0) is 71.3 Å². The van der Waals surface area contributed by atoms with Crippen LogP contribution in [0.3, 0.4) is 0 Å². The Morgan fingerprint density at radius 2 is 2.00 bits per heavy atom. The van der Waals surface area contributed by atoms with E-state index in [1.54, 1.807) is 24.4 Å². The van der Waals surface area contributed by atoms with Crippen LogP contribution in [0, 0.1) is 23.5 Å². The highest BCUT2D eigenvalue weighted by atomic mass is 35.5. The summed E-state index contributed by atoms with van der Waals surface area (Å²) >= 11 is 6.31. The van der Waals surface area contributed by atoms with E-state index < -0.39 is 5.82 Å². The van der Waals surface area contributed by atoms with Gasteiger partial charge < -0.3 is 19.5 Å². The molecular formula is C28H27ClF2N4O3. The van der Waals surface area contributed by atoms with Crippen molar-refractivity contribution in [2.24, 2.45) is 11.8 Å². The largest absolute Gasteiger partial charge is 0.468 e. The number of fused-ring (bicyclic) bond motifs is 4. The number of pyridine rings is 1. The number of anilines is 1. The van der Waals surface area contributed by atoms with Gasteiger partial charge in [-0.3, -0.25) is 4.98 Å². The van der Waals surface area contributed by atoms with Gasteiger partial charge in [0.05, 0.1) is 11.5 Å². The minimum absolute atomic E-state index is 0.000873. The molecule has 10 heteroatoms. The lowest BCUT2D eigenvalue weighted by molar-refractivity contribution is 0.0512. The molecule has 38 heavy (non-hydrogen) atoms. The van der Waals surface area contributed by atoms with E-state index in [0.29, 0.717) is 64.3 Å². The minimum Gasteiger partial charge on any atom is -0.468 e. The van der Waals surface area contributed by atoms with Gasteiger partial charge in [-0.25, -0.2) is 13.8 Å². The SMILES string of the molecule is CCc1c(F)ccc2cc(OCOC)cc(-c3ncc4c(N5CC6CC(O)C(C6)C5)nc(Cl)nc4c3F)c12. The van der Waals surface area contributed by atoms with E-state index in [0.717, 1.165) is 12.8 Å². The summed E-state index contributed by atoms with van der Waals surface area (Å²) in [6, 6.07) is 6.45. The Morgan fingerprint density at radius 3 is 2.76 bits per heavy atom. The van der Waals surface area contributed by atoms with Crippen molar-refractivity contribution in [3.63, 3.8) is 0 Å². The lowest BCUT2D eigenvalue weighted by atomic mass is 9.94. The third-order valence-corrected chi connectivity index (χ3v) is 7.89. The Kier molecular flexibility index (Phi) is 6.53. The van der Waals surface area contributed by atoms with Crippen molar-refractivity contribution in [2.75, 3.05) is 31.9 Å². The van der Waals surface area contributed by atoms with Crippen molar-refractivity contribution >= 4 is 39.1 Å². The van der Waals surface area contributed by atoms with Crippen LogP contribution in [-0.4, -0.2) is 53.2 Å². The zero-order chi connectivity index (χ0) is 26.6. The normalized spacial score (nSPS) is 21.0. The van der Waals surface area contributed by atoms with Crippen LogP contribution >= 0.6 is 11.6 Å². The predicted octanol–water partition coefficient (Wildman–Crippen LogP) is 5.53. The summed E-state index contributed by atoms with van der Waals surface area (Å²) < 4.78 is 41.9. The molecule has 1 aliphatic carbocycles. The second-order valence-corrected chi connectivity index (χ2v) is 10.4. The van der Waals surface area contributed by atoms with Crippen LogP contribution in [0.5, 0.6) is 5.75 Å². The van der Waals surface area contributed by atoms with Gasteiger partial charge in [-0.1, -0.05) is 13.0 Å². The Labute approximate surface area is 223 Å². The van der Waals surface area contributed by atoms with Crippen LogP contribution in [0.2, 0.25) is 5.28 Å². The Balaban J connectivity index is 1.54. The van der Waals surface area contributed by atoms with E-state index >= 15 is 4.39 Å². The van der Waals surface area contributed by atoms with Gasteiger partial charge in [0.25, 0.3) is 0 Å². The highest BCUT2D eigenvalue weighted by Crippen LogP contribution is 2.42. The van der Waals surface area contributed by atoms with Crippen molar-refractivity contribution in [3.05, 3.63) is 52.9 Å². The molecule has 7 nitrogen and oxygen atoms in total. The van der Waals surface area contributed by atoms with Crippen molar-refractivity contribution in [2.45, 2.75) is 32.3 Å². The number of hydrogen-bond donors (Lipinski definition) is 1. The third-order valence-electron chi connectivity index (χ3n) is 7.72. The fourth-order valence-corrected chi connectivity index (χ4v) is 6.24. The summed E-state index contributed by atoms with van der Waals surface area (Å²) in [5, 5.41) is 12.0. The first kappa shape index (κ1) is 25.2. The van der Waals surface area contributed by atoms with Gasteiger partial charge in [0.1, 0.15) is 28.6 Å². The molecule has 2 aliphatic rings. The van der Waals surface area contributed by atoms with Crippen LogP contribution in [-0.2, 0) is 11.2 Å². The van der Waals surface area contributed by atoms with Gasteiger partial charge in [0.2, 0.25) is 5.28 Å². The number of aromatic nitrogens is 3. The van der Waals surface area contributed by atoms with Crippen molar-refractivity contribution < 1.29 is 23.4 Å². The molecule has 3 heterocycles. The number of ether oxygens (including phenoxy) is 2. The smallest absolute Gasteiger partial charge is 0.225 e. The molecule has 2 fully saturated rings. The Hall–Kier alpha value is -3.14. The van der Waals surface area contributed by atoms with Crippen LogP contribution < -0.4 is 9.64 Å². The Bertz CT molecular complexity index is 1550. The maximum Gasteiger partial charge on any atom is 0.225 e. The highest BCUT2D eigenvalue weighted by molar-refractivity contribution is 6.28. The van der Waals surface area contributed by atoms with Crippen molar-refractivity contribution in [1.29, 1.82) is 0 Å². The zero-order valence-corrected chi connectivity index (χ0v) is 21.8. The average Bonchev–Trinajstić information content (AvgIpc) is 3.17. The average molecular weight is 541 g/mol. The number of aliphatic hydroxyl groups is 1. The summed E-state index contributed by atoms with van der Waals surface area (Å²) in [5.41, 5.74) is 0.899. The Morgan fingerprint density at radius 1 is 1.16 bits per heavy atom. The van der Waals surface area contributed by atoms with Gasteiger partial charge in [-0.15, -0.1) is 0 Å². The number of benzene rings is 2. The second-order valence-electron chi connectivity index (χ2n) is 10.1. The molecule has 4 aromatic rings. The maximum atomic E-state index is 16.3. The number of nitrogens with zero attached hydrogens (tertiary/aromatic N) is 4. The summed E-state index contributed by atoms with van der Waals surface area (Å²) in [7, 11) is 1.51. The number of methoxy groups -OCH3 is 1. The number of piperidine rings is 1. The first-order chi connectivity index (χ1) is 18.4. The molecule has 6 rings (SSSR count). The summed E-state index contributed by atoms with van der Waals surface area (Å²) in [4.78, 5) is 15.2. The van der Waals surface area contributed by atoms with Gasteiger partial charge in [-0.2, -0.15) is 4.98 Å². The molecule has 1 aliphatic heterocycles. The summed E-state index contributed by atoms with van der Waals surface area (Å²) in [6.07, 6.45) is 3.33. The van der Waals surface area contributed by atoms with Crippen LogP contribution in [0.15, 0.2) is 30.5 Å². The first-order valence-corrected chi connectivity index (χ1v) is 13.1. The third kappa shape index (κ3) is 4.22. The van der Waals surface area contributed by atoms with Crippen molar-refractivity contribution in [1.82, 2.24) is 15.0 Å². The number of rotatable bonds is 6. The molecule has 0 radical (unpaired) electrons. The zero-order valence-electron chi connectivity index (χ0n) is 21.0. The molecule has 0 amide bonds. The molecule has 198 valence electrons. The monoisotopic (exact) mass is 540 g/mol. The van der Waals surface area contributed by atoms with Crippen LogP contribution in [0.25, 0.3) is 32.9 Å². The minimum atomic E-state index is -0.676. The van der Waals surface area contributed by atoms with E-state index in [1.165, 1.54) is 13.2 Å². The fourth-order valence-electron chi connectivity index (χ4n) is 6.08. The maximum absolute atomic E-state index is 16.3. The highest BCUT2D eigenvalue weighted by Gasteiger charge is 2.40. The number of hydrogen-bond acceptors (Lipinski definition) is 7. The number of aryl methyl sites for hydroxylation is 1. The van der Waals surface area contributed by atoms with Gasteiger partial charge in [0.15, 0.2) is 12.6 Å². The predicted molar refractivity (Wildman–Crippen MR) is 142 cm³/mol. The standard InChI is InChI=1S/C28H27ClF2N4O3/c1-3-18-21(30)5-4-15-8-17(38-13-37-2)9-19(23(15)18)25-24(31)26-20(10-32-25)27(34-28(29)33-26)35-11-14-6-16(12-35)22(36)7-14/h4-5,8-10,14,16,22,36H,3,6-7,11-13H2,1-2H3. The van der Waals surface area contributed by atoms with E-state index in [9.17, 15) is 9.50 Å². The number of halogens is 3. The topological polar surface area (TPSA) is 80.6 Å². The molecule has 0 spiro atoms. The van der Waals surface area contributed by atoms with E-state index in [2.05, 4.69) is 15.0 Å². The lowest BCUT2D eigenvalue weighted by Gasteiger charge is -2.33. The van der Waals surface area contributed by atoms with Crippen LogP contribution in [0.1, 0.15) is 25.3 Å². The summed E-state index contributed by atoms with van der Waals surface area (Å²) in [6.45, 7) is 3.15. The molecular weight excluding hydrogens is 514 g/mol. The molecule has 2 aromatic carbocycles. The summed E-state index contributed by atoms with van der Waals surface area (Å²) in [5.74, 6) is 0.371. The van der Waals surface area contributed by atoms with E-state index in [4.69, 9.17) is 21.1 Å². The fraction of sp³-hybridized carbons (Fsp3) is 0.393. The molecule has 1 saturated carbocycles. The molecule has 2 aromatic heterocycles. The van der Waals surface area contributed by atoms with Crippen molar-refractivity contribution in [3.8, 4) is 17.0 Å². The molecule has 3 atom stereocenters. The molecule has 2 bridgehead atoms. The van der Waals surface area contributed by atoms with E-state index in [-0.39, 0.29) is 41.1 Å². The second kappa shape index (κ2) is 9.87. The van der Waals surface area contributed by atoms with Crippen LogP contribution in [0.4, 0.5) is 14.6 Å². The van der Waals surface area contributed by atoms with Gasteiger partial charge >= 0.3 is 0 Å². The van der Waals surface area contributed by atoms with E-state index in [1.807, 2.05) is 11.8 Å². The molecule has 1 saturated heterocycles. The first-order valence-electron chi connectivity index (χ1n) is 12.7. The molecule has 3 unspecified atom stereocenters. The quantitative estimate of drug-likeness (QED) is 0.254.